The summed E-state index contributed by atoms with van der Waals surface area (Å²) in [5.74, 6) is -0.569. The molecule has 0 aromatic heterocycles. The molecule has 0 aliphatic carbocycles. The molecule has 0 aromatic rings. The van der Waals surface area contributed by atoms with Crippen LogP contribution < -0.4 is 5.73 Å². The molecule has 0 radical (unpaired) electrons. The van der Waals surface area contributed by atoms with E-state index in [2.05, 4.69) is 0 Å². The number of aliphatic hydroxyl groups excluding tert-OH is 1. The average molecular weight is 161 g/mol. The van der Waals surface area contributed by atoms with Crippen molar-refractivity contribution in [1.29, 1.82) is 0 Å². The molecule has 0 saturated carbocycles. The van der Waals surface area contributed by atoms with E-state index in [-0.39, 0.29) is 12.6 Å². The van der Waals surface area contributed by atoms with E-state index in [1.54, 1.807) is 0 Å². The Morgan fingerprint density at radius 3 is 2.73 bits per heavy atom. The van der Waals surface area contributed by atoms with E-state index in [1.165, 1.54) is 0 Å². The molecule has 1 unspecified atom stereocenters. The summed E-state index contributed by atoms with van der Waals surface area (Å²) < 4.78 is 10.6. The van der Waals surface area contributed by atoms with Crippen molar-refractivity contribution in [3.8, 4) is 0 Å². The zero-order chi connectivity index (χ0) is 8.48. The van der Waals surface area contributed by atoms with E-state index in [0.717, 1.165) is 0 Å². The highest BCUT2D eigenvalue weighted by Gasteiger charge is 2.35. The van der Waals surface area contributed by atoms with Gasteiger partial charge in [0.1, 0.15) is 6.10 Å². The summed E-state index contributed by atoms with van der Waals surface area (Å²) in [6, 6.07) is 0. The third kappa shape index (κ3) is 2.13. The molecule has 4 nitrogen and oxygen atoms in total. The van der Waals surface area contributed by atoms with E-state index >= 15 is 0 Å². The van der Waals surface area contributed by atoms with Crippen LogP contribution in [0, 0.1) is 0 Å². The van der Waals surface area contributed by atoms with Crippen LogP contribution in [-0.4, -0.2) is 36.3 Å². The van der Waals surface area contributed by atoms with Crippen LogP contribution in [0.2, 0.25) is 0 Å². The molecule has 0 amide bonds. The van der Waals surface area contributed by atoms with Crippen LogP contribution in [0.1, 0.15) is 13.8 Å². The maximum atomic E-state index is 9.26. The SMILES string of the molecule is CC1(C)OC[C@H](C(O)CN)O1. The number of ether oxygens (including phenoxy) is 2. The van der Waals surface area contributed by atoms with Crippen LogP contribution in [0.4, 0.5) is 0 Å². The molecule has 4 heteroatoms. The minimum atomic E-state index is -0.614. The van der Waals surface area contributed by atoms with Gasteiger partial charge in [0.05, 0.1) is 12.7 Å². The lowest BCUT2D eigenvalue weighted by molar-refractivity contribution is -0.150. The lowest BCUT2D eigenvalue weighted by Gasteiger charge is -2.19. The first-order valence-electron chi connectivity index (χ1n) is 3.75. The third-order valence-electron chi connectivity index (χ3n) is 1.70. The second-order valence-corrected chi connectivity index (χ2v) is 3.17. The van der Waals surface area contributed by atoms with Crippen molar-refractivity contribution in [1.82, 2.24) is 0 Å². The molecule has 1 fully saturated rings. The number of rotatable bonds is 2. The van der Waals surface area contributed by atoms with Crippen molar-refractivity contribution in [3.05, 3.63) is 0 Å². The maximum absolute atomic E-state index is 9.26. The largest absolute Gasteiger partial charge is 0.389 e. The van der Waals surface area contributed by atoms with Crippen molar-refractivity contribution in [3.63, 3.8) is 0 Å². The van der Waals surface area contributed by atoms with Crippen LogP contribution in [0.15, 0.2) is 0 Å². The molecule has 1 rings (SSSR count). The standard InChI is InChI=1S/C7H15NO3/c1-7(2)10-4-6(11-7)5(9)3-8/h5-6,9H,3-4,8H2,1-2H3/t5?,6-/m1/s1. The van der Waals surface area contributed by atoms with Crippen LogP contribution >= 0.6 is 0 Å². The number of hydrogen-bond donors (Lipinski definition) is 2. The highest BCUT2D eigenvalue weighted by molar-refractivity contribution is 4.77. The minimum absolute atomic E-state index is 0.212. The molecule has 0 aromatic carbocycles. The van der Waals surface area contributed by atoms with Gasteiger partial charge in [-0.15, -0.1) is 0 Å². The first-order chi connectivity index (χ1) is 5.05. The Balaban J connectivity index is 2.41. The van der Waals surface area contributed by atoms with Crippen molar-refractivity contribution >= 4 is 0 Å². The molecule has 0 spiro atoms. The van der Waals surface area contributed by atoms with Gasteiger partial charge in [-0.3, -0.25) is 0 Å². The normalized spacial score (nSPS) is 32.2. The maximum Gasteiger partial charge on any atom is 0.163 e. The second-order valence-electron chi connectivity index (χ2n) is 3.17. The monoisotopic (exact) mass is 161 g/mol. The fourth-order valence-corrected chi connectivity index (χ4v) is 1.06. The number of aliphatic hydroxyl groups is 1. The van der Waals surface area contributed by atoms with Gasteiger partial charge in [-0.1, -0.05) is 0 Å². The topological polar surface area (TPSA) is 64.7 Å². The number of nitrogens with two attached hydrogens (primary N) is 1. The zero-order valence-corrected chi connectivity index (χ0v) is 6.91. The Morgan fingerprint density at radius 2 is 2.36 bits per heavy atom. The molecule has 3 N–H and O–H groups in total. The Morgan fingerprint density at radius 1 is 1.73 bits per heavy atom. The Kier molecular flexibility index (Phi) is 2.49. The highest BCUT2D eigenvalue weighted by Crippen LogP contribution is 2.23. The summed E-state index contributed by atoms with van der Waals surface area (Å²) in [6.45, 7) is 4.27. The zero-order valence-electron chi connectivity index (χ0n) is 6.91. The van der Waals surface area contributed by atoms with Crippen molar-refractivity contribution in [2.45, 2.75) is 31.8 Å². The molecule has 0 bridgehead atoms. The average Bonchev–Trinajstić information content (AvgIpc) is 2.29. The van der Waals surface area contributed by atoms with E-state index < -0.39 is 11.9 Å². The van der Waals surface area contributed by atoms with Gasteiger partial charge in [0.15, 0.2) is 5.79 Å². The molecule has 66 valence electrons. The lowest BCUT2D eigenvalue weighted by Crippen LogP contribution is -2.36. The lowest BCUT2D eigenvalue weighted by atomic mass is 10.2. The number of hydrogen-bond acceptors (Lipinski definition) is 4. The van der Waals surface area contributed by atoms with Crippen LogP contribution in [0.5, 0.6) is 0 Å². The Labute approximate surface area is 66.3 Å². The van der Waals surface area contributed by atoms with E-state index in [4.69, 9.17) is 15.2 Å². The summed E-state index contributed by atoms with van der Waals surface area (Å²) in [6.07, 6.45) is -0.883. The Hall–Kier alpha value is -0.160. The summed E-state index contributed by atoms with van der Waals surface area (Å²) in [5, 5.41) is 9.26. The summed E-state index contributed by atoms with van der Waals surface area (Å²) in [4.78, 5) is 0. The van der Waals surface area contributed by atoms with Crippen LogP contribution in [0.3, 0.4) is 0 Å². The molecule has 1 heterocycles. The van der Waals surface area contributed by atoms with Gasteiger partial charge < -0.3 is 20.3 Å². The van der Waals surface area contributed by atoms with E-state index in [9.17, 15) is 5.11 Å². The van der Waals surface area contributed by atoms with Crippen molar-refractivity contribution in [2.24, 2.45) is 5.73 Å². The minimum Gasteiger partial charge on any atom is -0.389 e. The predicted molar refractivity (Wildman–Crippen MR) is 40.0 cm³/mol. The van der Waals surface area contributed by atoms with Crippen molar-refractivity contribution in [2.75, 3.05) is 13.2 Å². The van der Waals surface area contributed by atoms with Gasteiger partial charge in [0.25, 0.3) is 0 Å². The predicted octanol–water partition coefficient (Wildman–Crippen LogP) is -0.542. The van der Waals surface area contributed by atoms with Crippen LogP contribution in [0.25, 0.3) is 0 Å². The quantitative estimate of drug-likeness (QED) is 0.570. The van der Waals surface area contributed by atoms with Crippen molar-refractivity contribution < 1.29 is 14.6 Å². The fraction of sp³-hybridized carbons (Fsp3) is 1.00. The molecule has 11 heavy (non-hydrogen) atoms. The molecule has 1 saturated heterocycles. The molecular weight excluding hydrogens is 146 g/mol. The third-order valence-corrected chi connectivity index (χ3v) is 1.70. The van der Waals surface area contributed by atoms with Crippen LogP contribution in [-0.2, 0) is 9.47 Å². The Bertz CT molecular complexity index is 138. The van der Waals surface area contributed by atoms with E-state index in [1.807, 2.05) is 13.8 Å². The van der Waals surface area contributed by atoms with E-state index in [0.29, 0.717) is 6.61 Å². The molecule has 1 aliphatic heterocycles. The molecular formula is C7H15NO3. The summed E-state index contributed by atoms with van der Waals surface area (Å²) >= 11 is 0. The summed E-state index contributed by atoms with van der Waals surface area (Å²) in [5.41, 5.74) is 5.25. The van der Waals surface area contributed by atoms with Gasteiger partial charge in [-0.2, -0.15) is 0 Å². The molecule has 1 aliphatic rings. The fourth-order valence-electron chi connectivity index (χ4n) is 1.06. The second kappa shape index (κ2) is 3.06. The smallest absolute Gasteiger partial charge is 0.163 e. The van der Waals surface area contributed by atoms with Gasteiger partial charge in [0.2, 0.25) is 0 Å². The molecule has 2 atom stereocenters. The van der Waals surface area contributed by atoms with Gasteiger partial charge in [0, 0.05) is 6.54 Å². The van der Waals surface area contributed by atoms with Gasteiger partial charge in [-0.05, 0) is 13.8 Å². The first kappa shape index (κ1) is 8.93. The summed E-state index contributed by atoms with van der Waals surface area (Å²) in [7, 11) is 0. The van der Waals surface area contributed by atoms with Gasteiger partial charge in [-0.25, -0.2) is 0 Å². The first-order valence-corrected chi connectivity index (χ1v) is 3.75. The highest BCUT2D eigenvalue weighted by atomic mass is 16.7. The van der Waals surface area contributed by atoms with Gasteiger partial charge >= 0.3 is 0 Å².